The largest absolute Gasteiger partial charge is 0.496 e. The van der Waals surface area contributed by atoms with Crippen LogP contribution in [0.25, 0.3) is 11.0 Å². The fraction of sp³-hybridized carbons (Fsp3) is 0.318. The van der Waals surface area contributed by atoms with Crippen molar-refractivity contribution in [3.8, 4) is 5.75 Å². The van der Waals surface area contributed by atoms with Crippen LogP contribution < -0.4 is 10.1 Å². The monoisotopic (exact) mass is 496 g/mol. The quantitative estimate of drug-likeness (QED) is 0.580. The third kappa shape index (κ3) is 4.66. The van der Waals surface area contributed by atoms with E-state index in [0.29, 0.717) is 26.3 Å². The molecule has 1 aliphatic rings. The first-order chi connectivity index (χ1) is 16.2. The highest BCUT2D eigenvalue weighted by atomic mass is 35.5. The predicted molar refractivity (Wildman–Crippen MR) is 118 cm³/mol. The molecule has 0 saturated carbocycles. The van der Waals surface area contributed by atoms with Gasteiger partial charge in [0, 0.05) is 13.1 Å². The Morgan fingerprint density at radius 1 is 1.18 bits per heavy atom. The van der Waals surface area contributed by atoms with E-state index in [1.54, 1.807) is 6.07 Å². The van der Waals surface area contributed by atoms with Crippen molar-refractivity contribution in [2.24, 2.45) is 0 Å². The third-order valence-electron chi connectivity index (χ3n) is 5.36. The van der Waals surface area contributed by atoms with Crippen molar-refractivity contribution in [3.63, 3.8) is 0 Å². The van der Waals surface area contributed by atoms with Crippen LogP contribution in [0, 0.1) is 0 Å². The average molecular weight is 497 g/mol. The van der Waals surface area contributed by atoms with Gasteiger partial charge in [-0.1, -0.05) is 23.7 Å². The van der Waals surface area contributed by atoms with Gasteiger partial charge in [0.15, 0.2) is 0 Å². The Balaban J connectivity index is 1.73. The molecular weight excluding hydrogens is 477 g/mol. The topological polar surface area (TPSA) is 85.7 Å². The predicted octanol–water partition coefficient (Wildman–Crippen LogP) is 3.83. The van der Waals surface area contributed by atoms with E-state index in [4.69, 9.17) is 21.1 Å². The molecule has 1 N–H and O–H groups in total. The van der Waals surface area contributed by atoms with E-state index in [0.717, 1.165) is 4.57 Å². The lowest BCUT2D eigenvalue weighted by Crippen LogP contribution is -2.42. The summed E-state index contributed by atoms with van der Waals surface area (Å²) in [5.74, 6) is -2.19. The molecule has 2 aromatic carbocycles. The maximum atomic E-state index is 13.8. The number of nitrogens with one attached hydrogen (secondary N) is 1. The number of alkyl halides is 3. The molecule has 1 aromatic heterocycles. The number of methoxy groups -OCH3 is 1. The molecule has 0 aliphatic carbocycles. The second-order valence-electron chi connectivity index (χ2n) is 7.46. The van der Waals surface area contributed by atoms with Crippen LogP contribution in [0.4, 0.5) is 18.9 Å². The fourth-order valence-electron chi connectivity index (χ4n) is 3.75. The van der Waals surface area contributed by atoms with Gasteiger partial charge < -0.3 is 24.3 Å². The first-order valence-corrected chi connectivity index (χ1v) is 10.6. The number of imidazole rings is 1. The maximum absolute atomic E-state index is 13.8. The zero-order valence-corrected chi connectivity index (χ0v) is 18.7. The molecule has 0 unspecified atom stereocenters. The molecule has 0 atom stereocenters. The van der Waals surface area contributed by atoms with Crippen LogP contribution in [0.15, 0.2) is 36.4 Å². The summed E-state index contributed by atoms with van der Waals surface area (Å²) in [6.07, 6.45) is -4.82. The van der Waals surface area contributed by atoms with E-state index < -0.39 is 30.4 Å². The molecule has 3 aromatic rings. The molecule has 34 heavy (non-hydrogen) atoms. The van der Waals surface area contributed by atoms with Gasteiger partial charge in [-0.2, -0.15) is 13.2 Å². The van der Waals surface area contributed by atoms with Gasteiger partial charge in [-0.05, 0) is 24.3 Å². The van der Waals surface area contributed by atoms with Gasteiger partial charge >= 0.3 is 6.18 Å². The molecule has 1 saturated heterocycles. The third-order valence-corrected chi connectivity index (χ3v) is 5.68. The summed E-state index contributed by atoms with van der Waals surface area (Å²) in [7, 11) is 1.37. The van der Waals surface area contributed by atoms with Crippen molar-refractivity contribution >= 4 is 40.1 Å². The van der Waals surface area contributed by atoms with Crippen LogP contribution in [-0.4, -0.2) is 59.7 Å². The molecule has 2 heterocycles. The number of fused-ring (bicyclic) bond motifs is 1. The Hall–Kier alpha value is -3.31. The molecule has 180 valence electrons. The number of benzene rings is 2. The number of halogens is 4. The highest BCUT2D eigenvalue weighted by Gasteiger charge is 2.39. The highest BCUT2D eigenvalue weighted by molar-refractivity contribution is 6.35. The second kappa shape index (κ2) is 9.51. The number of ether oxygens (including phenoxy) is 2. The van der Waals surface area contributed by atoms with Gasteiger partial charge in [-0.15, -0.1) is 0 Å². The lowest BCUT2D eigenvalue weighted by Gasteiger charge is -2.27. The van der Waals surface area contributed by atoms with E-state index in [-0.39, 0.29) is 33.1 Å². The minimum absolute atomic E-state index is 0.0293. The molecule has 0 radical (unpaired) electrons. The average Bonchev–Trinajstić information content (AvgIpc) is 3.19. The number of aromatic nitrogens is 2. The Kier molecular flexibility index (Phi) is 6.67. The smallest absolute Gasteiger partial charge is 0.449 e. The number of hydrogen-bond acceptors (Lipinski definition) is 5. The molecule has 2 amide bonds. The fourth-order valence-corrected chi connectivity index (χ4v) is 4.00. The molecular formula is C22H20ClF3N4O4. The molecule has 4 rings (SSSR count). The molecule has 0 bridgehead atoms. The van der Waals surface area contributed by atoms with E-state index in [9.17, 15) is 22.8 Å². The van der Waals surface area contributed by atoms with Crippen molar-refractivity contribution in [3.05, 3.63) is 52.8 Å². The Morgan fingerprint density at radius 3 is 2.56 bits per heavy atom. The van der Waals surface area contributed by atoms with Crippen LogP contribution >= 0.6 is 11.6 Å². The number of carbonyl (C=O) groups excluding carboxylic acids is 2. The van der Waals surface area contributed by atoms with Crippen molar-refractivity contribution in [1.29, 1.82) is 0 Å². The van der Waals surface area contributed by atoms with Crippen LogP contribution in [0.1, 0.15) is 16.2 Å². The lowest BCUT2D eigenvalue weighted by molar-refractivity contribution is -0.148. The standard InChI is InChI=1S/C22H20ClF3N4O4/c1-33-16-7-2-4-13(23)18(16)20(32)27-14-5-3-6-15-19(14)28-21(22(24,25)26)30(15)12-17(31)29-8-10-34-11-9-29/h2-7H,8-12H2,1H3,(H,27,32). The summed E-state index contributed by atoms with van der Waals surface area (Å²) < 4.78 is 52.7. The van der Waals surface area contributed by atoms with Crippen molar-refractivity contribution in [2.45, 2.75) is 12.7 Å². The van der Waals surface area contributed by atoms with Crippen LogP contribution in [0.2, 0.25) is 5.02 Å². The van der Waals surface area contributed by atoms with Crippen LogP contribution in [0.3, 0.4) is 0 Å². The number of amides is 2. The van der Waals surface area contributed by atoms with E-state index in [1.807, 2.05) is 0 Å². The zero-order chi connectivity index (χ0) is 24.5. The minimum atomic E-state index is -4.82. The lowest BCUT2D eigenvalue weighted by atomic mass is 10.1. The number of rotatable bonds is 5. The zero-order valence-electron chi connectivity index (χ0n) is 18.0. The highest BCUT2D eigenvalue weighted by Crippen LogP contribution is 2.35. The van der Waals surface area contributed by atoms with Gasteiger partial charge in [0.25, 0.3) is 5.91 Å². The van der Waals surface area contributed by atoms with E-state index in [1.165, 1.54) is 42.3 Å². The van der Waals surface area contributed by atoms with Gasteiger partial charge in [0.1, 0.15) is 23.4 Å². The summed E-state index contributed by atoms with van der Waals surface area (Å²) in [6.45, 7) is 0.692. The summed E-state index contributed by atoms with van der Waals surface area (Å²) in [5.41, 5.74) is 0.0102. The van der Waals surface area contributed by atoms with Crippen molar-refractivity contribution in [1.82, 2.24) is 14.5 Å². The molecule has 1 fully saturated rings. The van der Waals surface area contributed by atoms with Crippen molar-refractivity contribution in [2.75, 3.05) is 38.7 Å². The molecule has 12 heteroatoms. The Labute approximate surface area is 197 Å². The van der Waals surface area contributed by atoms with E-state index >= 15 is 0 Å². The van der Waals surface area contributed by atoms with Crippen LogP contribution in [-0.2, 0) is 22.3 Å². The first kappa shape index (κ1) is 23.8. The van der Waals surface area contributed by atoms with Gasteiger partial charge in [-0.3, -0.25) is 9.59 Å². The Bertz CT molecular complexity index is 1240. The van der Waals surface area contributed by atoms with Gasteiger partial charge in [0.2, 0.25) is 11.7 Å². The summed E-state index contributed by atoms with van der Waals surface area (Å²) in [6, 6.07) is 8.93. The Morgan fingerprint density at radius 2 is 1.88 bits per heavy atom. The minimum Gasteiger partial charge on any atom is -0.496 e. The van der Waals surface area contributed by atoms with E-state index in [2.05, 4.69) is 10.3 Å². The van der Waals surface area contributed by atoms with Gasteiger partial charge in [0.05, 0.1) is 36.6 Å². The number of hydrogen-bond donors (Lipinski definition) is 1. The number of anilines is 1. The number of morpholine rings is 1. The summed E-state index contributed by atoms with van der Waals surface area (Å²) >= 11 is 6.15. The first-order valence-electron chi connectivity index (χ1n) is 10.3. The molecule has 0 spiro atoms. The van der Waals surface area contributed by atoms with Crippen molar-refractivity contribution < 1.29 is 32.2 Å². The van der Waals surface area contributed by atoms with Crippen LogP contribution in [0.5, 0.6) is 5.75 Å². The SMILES string of the molecule is COc1cccc(Cl)c1C(=O)Nc1cccc2c1nc(C(F)(F)F)n2CC(=O)N1CCOCC1. The molecule has 8 nitrogen and oxygen atoms in total. The summed E-state index contributed by atoms with van der Waals surface area (Å²) in [4.78, 5) is 30.8. The second-order valence-corrected chi connectivity index (χ2v) is 7.86. The number of nitrogens with zero attached hydrogens (tertiary/aromatic N) is 3. The number of para-hydroxylation sites is 1. The van der Waals surface area contributed by atoms with Gasteiger partial charge in [-0.25, -0.2) is 4.98 Å². The molecule has 1 aliphatic heterocycles. The summed E-state index contributed by atoms with van der Waals surface area (Å²) in [5, 5.41) is 2.68. The normalized spacial score (nSPS) is 14.3. The maximum Gasteiger partial charge on any atom is 0.449 e. The number of carbonyl (C=O) groups is 2.